The van der Waals surface area contributed by atoms with Crippen LogP contribution >= 0.6 is 15.9 Å². The number of rotatable bonds is 9. The summed E-state index contributed by atoms with van der Waals surface area (Å²) in [7, 11) is -2.62. The van der Waals surface area contributed by atoms with E-state index in [1.54, 1.807) is 0 Å². The fourth-order valence-electron chi connectivity index (χ4n) is 2.05. The smallest absolute Gasteiger partial charge is 0.308 e. The maximum atomic E-state index is 12.0. The molecule has 0 aromatic carbocycles. The molecule has 4 nitrogen and oxygen atoms in total. The van der Waals surface area contributed by atoms with Crippen LogP contribution in [0.5, 0.6) is 0 Å². The predicted octanol–water partition coefficient (Wildman–Crippen LogP) is 6.63. The number of hydrogen-bond acceptors (Lipinski definition) is 4. The standard InChI is InChI=1S/C20H41BrO4Si2/c1-15(21)17(25-27(11,12)20(5,6)7)13-16(14-18(22)23-8)24-26(9,10)19(2,3)4/h16-17H,1,13-14H2,2-12H3/t16-,17-/m0/s1. The molecule has 0 unspecified atom stereocenters. The van der Waals surface area contributed by atoms with E-state index in [0.29, 0.717) is 6.42 Å². The normalized spacial score (nSPS) is 16.0. The van der Waals surface area contributed by atoms with Crippen LogP contribution in [0.1, 0.15) is 54.4 Å². The van der Waals surface area contributed by atoms with Crippen molar-refractivity contribution in [3.05, 3.63) is 11.1 Å². The van der Waals surface area contributed by atoms with Crippen molar-refractivity contribution in [2.75, 3.05) is 7.11 Å². The molecule has 0 heterocycles. The first-order valence-electron chi connectivity index (χ1n) is 9.61. The third-order valence-electron chi connectivity index (χ3n) is 5.96. The molecule has 27 heavy (non-hydrogen) atoms. The molecule has 0 amide bonds. The second-order valence-electron chi connectivity index (χ2n) is 10.3. The van der Waals surface area contributed by atoms with E-state index in [4.69, 9.17) is 13.6 Å². The molecule has 0 saturated carbocycles. The van der Waals surface area contributed by atoms with Crippen LogP contribution in [0, 0.1) is 0 Å². The summed E-state index contributed by atoms with van der Waals surface area (Å²) >= 11 is 3.53. The van der Waals surface area contributed by atoms with Gasteiger partial charge in [0.05, 0.1) is 25.7 Å². The molecule has 7 heteroatoms. The Labute approximate surface area is 177 Å². The van der Waals surface area contributed by atoms with Crippen molar-refractivity contribution in [1.29, 1.82) is 0 Å². The quantitative estimate of drug-likeness (QED) is 0.274. The minimum Gasteiger partial charge on any atom is -0.469 e. The molecular formula is C20H41BrO4Si2. The molecule has 0 aromatic heterocycles. The van der Waals surface area contributed by atoms with E-state index < -0.39 is 16.6 Å². The van der Waals surface area contributed by atoms with Crippen LogP contribution in [0.25, 0.3) is 0 Å². The van der Waals surface area contributed by atoms with E-state index in [1.807, 2.05) is 0 Å². The van der Waals surface area contributed by atoms with Gasteiger partial charge in [-0.05, 0) is 36.3 Å². The molecule has 0 rings (SSSR count). The lowest BCUT2D eigenvalue weighted by Gasteiger charge is -2.42. The summed E-state index contributed by atoms with van der Waals surface area (Å²) in [4.78, 5) is 12.0. The first kappa shape index (κ1) is 27.0. The Bertz CT molecular complexity index is 519. The van der Waals surface area contributed by atoms with Crippen molar-refractivity contribution in [1.82, 2.24) is 0 Å². The molecule has 0 bridgehead atoms. The molecule has 0 aromatic rings. The summed E-state index contributed by atoms with van der Waals surface area (Å²) in [6.07, 6.45) is 0.339. The summed E-state index contributed by atoms with van der Waals surface area (Å²) in [6.45, 7) is 26.1. The first-order chi connectivity index (χ1) is 11.8. The minimum absolute atomic E-state index is 0.0581. The van der Waals surface area contributed by atoms with E-state index in [0.717, 1.165) is 4.48 Å². The molecule has 0 saturated heterocycles. The van der Waals surface area contributed by atoms with E-state index in [1.165, 1.54) is 7.11 Å². The van der Waals surface area contributed by atoms with E-state index in [2.05, 4.69) is 90.2 Å². The summed E-state index contributed by atoms with van der Waals surface area (Å²) < 4.78 is 18.9. The zero-order valence-corrected chi connectivity index (χ0v) is 22.9. The molecule has 0 aliphatic heterocycles. The van der Waals surface area contributed by atoms with Gasteiger partial charge in [0.1, 0.15) is 0 Å². The lowest BCUT2D eigenvalue weighted by atomic mass is 10.1. The molecule has 2 atom stereocenters. The summed E-state index contributed by atoms with van der Waals surface area (Å²) in [5.41, 5.74) is 0. The number of halogens is 1. The Hall–Kier alpha value is 0.0438. The number of esters is 1. The van der Waals surface area contributed by atoms with Gasteiger partial charge in [-0.1, -0.05) is 64.1 Å². The Morgan fingerprint density at radius 2 is 1.37 bits per heavy atom. The van der Waals surface area contributed by atoms with Crippen LogP contribution in [0.15, 0.2) is 11.1 Å². The molecule has 0 aliphatic rings. The number of hydrogen-bond donors (Lipinski definition) is 0. The average molecular weight is 482 g/mol. The highest BCUT2D eigenvalue weighted by Crippen LogP contribution is 2.41. The van der Waals surface area contributed by atoms with Gasteiger partial charge >= 0.3 is 5.97 Å². The van der Waals surface area contributed by atoms with Gasteiger partial charge in [-0.2, -0.15) is 0 Å². The SMILES string of the molecule is C=C(Br)[C@H](C[C@@H](CC(=O)OC)O[Si](C)(C)C(C)(C)C)O[Si](C)(C)C(C)(C)C. The van der Waals surface area contributed by atoms with Crippen molar-refractivity contribution in [3.63, 3.8) is 0 Å². The maximum Gasteiger partial charge on any atom is 0.308 e. The maximum absolute atomic E-state index is 12.0. The number of ether oxygens (including phenoxy) is 1. The lowest BCUT2D eigenvalue weighted by molar-refractivity contribution is -0.142. The highest BCUT2D eigenvalue weighted by Gasteiger charge is 2.42. The van der Waals surface area contributed by atoms with Crippen molar-refractivity contribution in [3.8, 4) is 0 Å². The highest BCUT2D eigenvalue weighted by molar-refractivity contribution is 9.11. The lowest BCUT2D eigenvalue weighted by Crippen LogP contribution is -2.47. The Morgan fingerprint density at radius 3 is 1.70 bits per heavy atom. The van der Waals surface area contributed by atoms with Crippen molar-refractivity contribution < 1.29 is 18.4 Å². The molecule has 0 radical (unpaired) electrons. The van der Waals surface area contributed by atoms with Gasteiger partial charge in [0, 0.05) is 10.9 Å². The Balaban J connectivity index is 5.58. The second-order valence-corrected chi connectivity index (χ2v) is 20.9. The largest absolute Gasteiger partial charge is 0.469 e. The highest BCUT2D eigenvalue weighted by atomic mass is 79.9. The van der Waals surface area contributed by atoms with Gasteiger partial charge < -0.3 is 13.6 Å². The molecule has 0 N–H and O–H groups in total. The predicted molar refractivity (Wildman–Crippen MR) is 123 cm³/mol. The number of carbonyl (C=O) groups excluding carboxylic acids is 1. The van der Waals surface area contributed by atoms with Gasteiger partial charge in [-0.3, -0.25) is 4.79 Å². The molecule has 0 fully saturated rings. The zero-order valence-electron chi connectivity index (χ0n) is 19.3. The average Bonchev–Trinajstić information content (AvgIpc) is 2.42. The van der Waals surface area contributed by atoms with Crippen LogP contribution in [-0.2, 0) is 18.4 Å². The third kappa shape index (κ3) is 8.52. The number of methoxy groups -OCH3 is 1. The summed E-state index contributed by atoms with van der Waals surface area (Å²) in [5, 5.41) is 0.147. The fraction of sp³-hybridized carbons (Fsp3) is 0.850. The Morgan fingerprint density at radius 1 is 0.963 bits per heavy atom. The molecule has 0 spiro atoms. The van der Waals surface area contributed by atoms with Crippen molar-refractivity contribution >= 4 is 38.5 Å². The summed E-state index contributed by atoms with van der Waals surface area (Å²) in [5.74, 6) is -0.259. The van der Waals surface area contributed by atoms with Crippen LogP contribution in [0.3, 0.4) is 0 Å². The fourth-order valence-corrected chi connectivity index (χ4v) is 5.17. The first-order valence-corrected chi connectivity index (χ1v) is 16.2. The Kier molecular flexibility index (Phi) is 9.71. The topological polar surface area (TPSA) is 44.8 Å². The van der Waals surface area contributed by atoms with Crippen LogP contribution in [-0.4, -0.2) is 41.9 Å². The van der Waals surface area contributed by atoms with Gasteiger partial charge in [-0.25, -0.2) is 0 Å². The van der Waals surface area contributed by atoms with Crippen LogP contribution in [0.2, 0.25) is 36.3 Å². The molecule has 160 valence electrons. The van der Waals surface area contributed by atoms with Crippen molar-refractivity contribution in [2.24, 2.45) is 0 Å². The van der Waals surface area contributed by atoms with Crippen molar-refractivity contribution in [2.45, 2.75) is 103 Å². The van der Waals surface area contributed by atoms with Gasteiger partial charge in [0.2, 0.25) is 0 Å². The van der Waals surface area contributed by atoms with Crippen LogP contribution < -0.4 is 0 Å². The zero-order chi connectivity index (χ0) is 21.8. The number of carbonyl (C=O) groups is 1. The van der Waals surface area contributed by atoms with Gasteiger partial charge in [0.15, 0.2) is 16.6 Å². The third-order valence-corrected chi connectivity index (χ3v) is 15.5. The second kappa shape index (κ2) is 9.70. The minimum atomic E-state index is -2.04. The summed E-state index contributed by atoms with van der Waals surface area (Å²) in [6, 6.07) is 0. The van der Waals surface area contributed by atoms with E-state index >= 15 is 0 Å². The van der Waals surface area contributed by atoms with Crippen LogP contribution in [0.4, 0.5) is 0 Å². The molecular weight excluding hydrogens is 440 g/mol. The van der Waals surface area contributed by atoms with Gasteiger partial charge in [-0.15, -0.1) is 0 Å². The molecule has 0 aliphatic carbocycles. The van der Waals surface area contributed by atoms with Gasteiger partial charge in [0.25, 0.3) is 0 Å². The van der Waals surface area contributed by atoms with E-state index in [9.17, 15) is 4.79 Å². The monoisotopic (exact) mass is 480 g/mol. The van der Waals surface area contributed by atoms with E-state index in [-0.39, 0.29) is 34.7 Å².